The van der Waals surface area contributed by atoms with Crippen molar-refractivity contribution in [1.29, 1.82) is 0 Å². The molecule has 10 nitrogen and oxygen atoms in total. The van der Waals surface area contributed by atoms with E-state index in [9.17, 15) is 35.9 Å². The molecule has 0 aliphatic carbocycles. The average molecular weight is 536 g/mol. The van der Waals surface area contributed by atoms with E-state index in [1.54, 1.807) is 4.90 Å². The molecule has 2 heterocycles. The molecule has 37 heavy (non-hydrogen) atoms. The van der Waals surface area contributed by atoms with Crippen LogP contribution in [-0.2, 0) is 20.5 Å². The van der Waals surface area contributed by atoms with Crippen molar-refractivity contribution in [2.45, 2.75) is 25.2 Å². The maximum Gasteiger partial charge on any atom is 0.422 e. The van der Waals surface area contributed by atoms with Gasteiger partial charge in [-0.2, -0.15) is 41.3 Å². The highest BCUT2D eigenvalue weighted by atomic mass is 19.4. The summed E-state index contributed by atoms with van der Waals surface area (Å²) in [6.07, 6.45) is -9.42. The van der Waals surface area contributed by atoms with E-state index in [1.165, 1.54) is 18.1 Å². The van der Waals surface area contributed by atoms with E-state index in [0.717, 1.165) is 18.2 Å². The molecule has 1 aliphatic heterocycles. The number of methoxy groups -OCH3 is 1. The molecule has 0 unspecified atom stereocenters. The molecule has 1 aromatic heterocycles. The van der Waals surface area contributed by atoms with Gasteiger partial charge in [-0.3, -0.25) is 9.59 Å². The van der Waals surface area contributed by atoms with E-state index in [4.69, 9.17) is 0 Å². The van der Waals surface area contributed by atoms with E-state index in [1.807, 2.05) is 0 Å². The van der Waals surface area contributed by atoms with E-state index in [0.29, 0.717) is 0 Å². The minimum atomic E-state index is -4.68. The van der Waals surface area contributed by atoms with Crippen molar-refractivity contribution in [3.05, 3.63) is 29.8 Å². The van der Waals surface area contributed by atoms with Gasteiger partial charge in [0.25, 0.3) is 0 Å². The van der Waals surface area contributed by atoms with Gasteiger partial charge in [0, 0.05) is 38.3 Å². The number of nitrogens with one attached hydrogen (secondary N) is 1. The van der Waals surface area contributed by atoms with E-state index in [-0.39, 0.29) is 62.5 Å². The Kier molecular flexibility index (Phi) is 8.60. The molecule has 2 aromatic rings. The van der Waals surface area contributed by atoms with E-state index < -0.39 is 36.5 Å². The van der Waals surface area contributed by atoms with Gasteiger partial charge in [-0.15, -0.1) is 0 Å². The van der Waals surface area contributed by atoms with Gasteiger partial charge in [-0.25, -0.2) is 0 Å². The number of aromatic nitrogens is 3. The number of ether oxygens (including phenoxy) is 2. The van der Waals surface area contributed by atoms with Crippen LogP contribution in [-0.4, -0.2) is 77.8 Å². The Labute approximate surface area is 206 Å². The summed E-state index contributed by atoms with van der Waals surface area (Å²) in [6.45, 7) is -0.894. The first kappa shape index (κ1) is 27.7. The largest absolute Gasteiger partial charge is 0.469 e. The van der Waals surface area contributed by atoms with Gasteiger partial charge < -0.3 is 24.6 Å². The molecule has 16 heteroatoms. The number of hydrogen-bond donors (Lipinski definition) is 1. The smallest absolute Gasteiger partial charge is 0.422 e. The van der Waals surface area contributed by atoms with Crippen molar-refractivity contribution in [3.8, 4) is 6.01 Å². The lowest BCUT2D eigenvalue weighted by molar-refractivity contribution is -0.154. The molecule has 0 atom stereocenters. The maximum absolute atomic E-state index is 13.0. The van der Waals surface area contributed by atoms with Gasteiger partial charge in [0.05, 0.1) is 19.1 Å². The number of alkyl halides is 6. The monoisotopic (exact) mass is 536 g/mol. The van der Waals surface area contributed by atoms with Gasteiger partial charge in [0.1, 0.15) is 0 Å². The number of piperazine rings is 1. The van der Waals surface area contributed by atoms with Crippen LogP contribution < -0.4 is 15.0 Å². The van der Waals surface area contributed by atoms with Crippen molar-refractivity contribution in [1.82, 2.24) is 19.9 Å². The summed E-state index contributed by atoms with van der Waals surface area (Å²) in [5, 5.41) is 2.53. The van der Waals surface area contributed by atoms with Gasteiger partial charge in [0.15, 0.2) is 6.61 Å². The molecule has 1 fully saturated rings. The van der Waals surface area contributed by atoms with Gasteiger partial charge in [0.2, 0.25) is 17.8 Å². The van der Waals surface area contributed by atoms with Crippen LogP contribution in [0.5, 0.6) is 6.01 Å². The van der Waals surface area contributed by atoms with Crippen LogP contribution >= 0.6 is 0 Å². The molecule has 1 N–H and O–H groups in total. The van der Waals surface area contributed by atoms with Crippen LogP contribution in [0.3, 0.4) is 0 Å². The van der Waals surface area contributed by atoms with E-state index >= 15 is 0 Å². The van der Waals surface area contributed by atoms with Gasteiger partial charge in [-0.05, 0) is 18.2 Å². The molecule has 1 aromatic carbocycles. The molecular formula is C21H22F6N6O4. The number of hydrogen-bond acceptors (Lipinski definition) is 9. The first-order chi connectivity index (χ1) is 17.3. The Morgan fingerprint density at radius 1 is 1.00 bits per heavy atom. The van der Waals surface area contributed by atoms with Crippen molar-refractivity contribution in [2.24, 2.45) is 0 Å². The predicted molar refractivity (Wildman–Crippen MR) is 116 cm³/mol. The zero-order chi connectivity index (χ0) is 27.2. The minimum Gasteiger partial charge on any atom is -0.469 e. The number of rotatable bonds is 8. The Hall–Kier alpha value is -3.85. The van der Waals surface area contributed by atoms with Crippen molar-refractivity contribution in [3.63, 3.8) is 0 Å². The lowest BCUT2D eigenvalue weighted by atomic mass is 10.2. The Morgan fingerprint density at radius 2 is 1.70 bits per heavy atom. The molecule has 0 radical (unpaired) electrons. The Morgan fingerprint density at radius 3 is 2.32 bits per heavy atom. The standard InChI is InChI=1S/C21H22F6N6O4/c1-36-16(35)6-5-15(34)32-7-9-33(10-8-32)18-29-17(30-19(31-18)37-12-20(22,23)24)28-14-4-2-3-13(11-14)21(25,26)27/h2-4,11H,5-10,12H2,1H3,(H,28,29,30,31). The molecule has 3 rings (SSSR count). The van der Waals surface area contributed by atoms with Crippen molar-refractivity contribution in [2.75, 3.05) is 50.1 Å². The lowest BCUT2D eigenvalue weighted by Crippen LogP contribution is -2.49. The van der Waals surface area contributed by atoms with Crippen LogP contribution in [0.1, 0.15) is 18.4 Å². The quantitative estimate of drug-likeness (QED) is 0.402. The third-order valence-corrected chi connectivity index (χ3v) is 5.10. The summed E-state index contributed by atoms with van der Waals surface area (Å²) in [5.74, 6) is -1.23. The van der Waals surface area contributed by atoms with Gasteiger partial charge in [-0.1, -0.05) is 6.07 Å². The lowest BCUT2D eigenvalue weighted by Gasteiger charge is -2.34. The fourth-order valence-electron chi connectivity index (χ4n) is 3.28. The molecule has 1 aliphatic rings. The molecule has 1 amide bonds. The van der Waals surface area contributed by atoms with Crippen molar-refractivity contribution < 1.29 is 45.4 Å². The van der Waals surface area contributed by atoms with E-state index in [2.05, 4.69) is 29.7 Å². The molecule has 0 bridgehead atoms. The van der Waals surface area contributed by atoms with Crippen LogP contribution in [0, 0.1) is 0 Å². The second-order valence-corrected chi connectivity index (χ2v) is 7.79. The number of carbonyl (C=O) groups excluding carboxylic acids is 2. The fraction of sp³-hybridized carbons (Fsp3) is 0.476. The number of carbonyl (C=O) groups is 2. The molecule has 202 valence electrons. The summed E-state index contributed by atoms with van der Waals surface area (Å²) in [5.41, 5.74) is -1.01. The van der Waals surface area contributed by atoms with Crippen LogP contribution in [0.25, 0.3) is 0 Å². The topological polar surface area (TPSA) is 110 Å². The molecular weight excluding hydrogens is 514 g/mol. The fourth-order valence-corrected chi connectivity index (χ4v) is 3.28. The number of anilines is 3. The third-order valence-electron chi connectivity index (χ3n) is 5.10. The summed E-state index contributed by atoms with van der Waals surface area (Å²) in [6, 6.07) is 3.40. The highest BCUT2D eigenvalue weighted by Crippen LogP contribution is 2.31. The SMILES string of the molecule is COC(=O)CCC(=O)N1CCN(c2nc(Nc3cccc(C(F)(F)F)c3)nc(OCC(F)(F)F)n2)CC1. The zero-order valence-electron chi connectivity index (χ0n) is 19.4. The number of benzene rings is 1. The Balaban J connectivity index is 1.76. The minimum absolute atomic E-state index is 0.0427. The van der Waals surface area contributed by atoms with Crippen LogP contribution in [0.4, 0.5) is 43.9 Å². The summed E-state index contributed by atoms with van der Waals surface area (Å²) >= 11 is 0. The maximum atomic E-state index is 13.0. The summed E-state index contributed by atoms with van der Waals surface area (Å²) < 4.78 is 86.2. The molecule has 1 saturated heterocycles. The highest BCUT2D eigenvalue weighted by Gasteiger charge is 2.31. The first-order valence-electron chi connectivity index (χ1n) is 10.8. The zero-order valence-corrected chi connectivity index (χ0v) is 19.4. The number of esters is 1. The summed E-state index contributed by atoms with van der Waals surface area (Å²) in [7, 11) is 1.21. The second-order valence-electron chi connectivity index (χ2n) is 7.79. The summed E-state index contributed by atoms with van der Waals surface area (Å²) in [4.78, 5) is 38.4. The number of halogens is 6. The normalized spacial score (nSPS) is 14.4. The predicted octanol–water partition coefficient (Wildman–Crippen LogP) is 3.18. The van der Waals surface area contributed by atoms with Crippen LogP contribution in [0.2, 0.25) is 0 Å². The van der Waals surface area contributed by atoms with Crippen LogP contribution in [0.15, 0.2) is 24.3 Å². The first-order valence-corrected chi connectivity index (χ1v) is 10.8. The van der Waals surface area contributed by atoms with Crippen molar-refractivity contribution >= 4 is 29.5 Å². The highest BCUT2D eigenvalue weighted by molar-refractivity contribution is 5.81. The Bertz CT molecular complexity index is 1110. The van der Waals surface area contributed by atoms with Gasteiger partial charge >= 0.3 is 24.3 Å². The third kappa shape index (κ3) is 8.35. The molecule has 0 saturated carbocycles. The average Bonchev–Trinajstić information content (AvgIpc) is 2.85. The number of amides is 1. The number of nitrogens with zero attached hydrogens (tertiary/aromatic N) is 5. The second kappa shape index (κ2) is 11.5. The molecule has 0 spiro atoms.